The van der Waals surface area contributed by atoms with Gasteiger partial charge in [-0.25, -0.2) is 0 Å². The SMILES string of the molecule is CCC1=Cc2cccc3cccc1c23.CCC1=Cc2cccc3cccc1c23.C[Si]C.[Cl-].[Cl-].[Cl-].[Cl-].[Zr+3].[Zr+3].c1ccc2[cH-]ccc2c1.c1ccc2[cH-]ccc2c1. The summed E-state index contributed by atoms with van der Waals surface area (Å²) < 4.78 is 0. The molecule has 0 spiro atoms. The van der Waals surface area contributed by atoms with Gasteiger partial charge in [0, 0.05) is 9.52 Å². The van der Waals surface area contributed by atoms with Gasteiger partial charge in [-0.1, -0.05) is 124 Å². The summed E-state index contributed by atoms with van der Waals surface area (Å²) in [5.74, 6) is 0. The molecule has 0 aromatic heterocycles. The maximum atomic E-state index is 2.32. The predicted molar refractivity (Wildman–Crippen MR) is 221 cm³/mol. The molecule has 0 saturated heterocycles. The number of rotatable bonds is 2. The van der Waals surface area contributed by atoms with Gasteiger partial charge in [0.2, 0.25) is 0 Å². The predicted octanol–water partition coefficient (Wildman–Crippen LogP) is 2.12. The minimum Gasteiger partial charge on any atom is -1.00 e. The Balaban J connectivity index is 0.000000677. The molecule has 0 unspecified atom stereocenters. The summed E-state index contributed by atoms with van der Waals surface area (Å²) in [6, 6.07) is 55.5. The quantitative estimate of drug-likeness (QED) is 0.184. The summed E-state index contributed by atoms with van der Waals surface area (Å²) in [6.07, 6.45) is 6.87. The molecule has 0 saturated carbocycles. The minimum absolute atomic E-state index is 0. The molecule has 55 heavy (non-hydrogen) atoms. The third-order valence-electron chi connectivity index (χ3n) is 9.08. The average Bonchev–Trinajstić information content (AvgIpc) is 3.96. The van der Waals surface area contributed by atoms with Gasteiger partial charge in [0.25, 0.3) is 0 Å². The monoisotopic (exact) mass is 968 g/mol. The van der Waals surface area contributed by atoms with Crippen LogP contribution >= 0.6 is 0 Å². The van der Waals surface area contributed by atoms with Crippen LogP contribution in [0.2, 0.25) is 13.1 Å². The maximum absolute atomic E-state index is 2.32. The van der Waals surface area contributed by atoms with Crippen molar-refractivity contribution in [3.63, 3.8) is 0 Å². The average molecular weight is 973 g/mol. The molecule has 0 fully saturated rings. The first-order valence-corrected chi connectivity index (χ1v) is 19.4. The molecule has 0 N–H and O–H groups in total. The Morgan fingerprint density at radius 1 is 0.418 bits per heavy atom. The van der Waals surface area contributed by atoms with E-state index >= 15 is 0 Å². The van der Waals surface area contributed by atoms with Gasteiger partial charge in [0.1, 0.15) is 0 Å². The van der Waals surface area contributed by atoms with E-state index in [1.807, 2.05) is 0 Å². The van der Waals surface area contributed by atoms with Gasteiger partial charge >= 0.3 is 52.4 Å². The first-order valence-electron chi connectivity index (χ1n) is 17.4. The molecule has 4 radical (unpaired) electrons. The van der Waals surface area contributed by atoms with Crippen LogP contribution in [-0.2, 0) is 52.4 Å². The Morgan fingerprint density at radius 3 is 1.09 bits per heavy atom. The second-order valence-corrected chi connectivity index (χ2v) is 13.4. The zero-order chi connectivity index (χ0) is 34.0. The maximum Gasteiger partial charge on any atom is 3.00 e. The third kappa shape index (κ3) is 12.8. The van der Waals surface area contributed by atoms with Gasteiger partial charge < -0.3 is 49.6 Å². The molecule has 0 amide bonds. The molecule has 0 aliphatic heterocycles. The standard InChI is InChI=1S/2C14H12.2C9H7.C2H6Si.4ClH.2Zr/c2*1-2-10-9-12-7-3-5-11-6-4-8-13(10)14(11)12;2*1-2-5-9-7-3-6-8(9)4-1;1-3-2;;;;;;/h2*3-9H,2H2,1H3;2*1-7H;1-2H3;4*1H;;/q;;2*-1;;;;;;2*+3/p-4. The van der Waals surface area contributed by atoms with Crippen molar-refractivity contribution in [2.24, 2.45) is 0 Å². The molecule has 0 atom stereocenters. The number of allylic oxidation sites excluding steroid dienone is 2. The van der Waals surface area contributed by atoms with Crippen LogP contribution in [0.15, 0.2) is 158 Å². The zero-order valence-electron chi connectivity index (χ0n) is 31.6. The van der Waals surface area contributed by atoms with E-state index in [2.05, 4.69) is 197 Å². The molecule has 10 rings (SSSR count). The first-order chi connectivity index (χ1) is 24.1. The van der Waals surface area contributed by atoms with Crippen molar-refractivity contribution in [1.29, 1.82) is 0 Å². The van der Waals surface area contributed by atoms with E-state index in [9.17, 15) is 0 Å². The molecule has 276 valence electrons. The van der Waals surface area contributed by atoms with Crippen LogP contribution in [0.3, 0.4) is 0 Å². The number of halogens is 4. The van der Waals surface area contributed by atoms with E-state index < -0.39 is 0 Å². The van der Waals surface area contributed by atoms with Gasteiger partial charge in [-0.05, 0) is 67.8 Å². The van der Waals surface area contributed by atoms with E-state index in [1.54, 1.807) is 0 Å². The molecular formula is C48H44Cl4SiZr2. The van der Waals surface area contributed by atoms with Gasteiger partial charge in [-0.15, -0.1) is 59.3 Å². The topological polar surface area (TPSA) is 0 Å². The fourth-order valence-corrected chi connectivity index (χ4v) is 6.77. The van der Waals surface area contributed by atoms with Crippen LogP contribution in [0.4, 0.5) is 0 Å². The zero-order valence-corrected chi connectivity index (χ0v) is 40.5. The number of fused-ring (bicyclic) bond motifs is 2. The van der Waals surface area contributed by atoms with Crippen LogP contribution in [-0.4, -0.2) is 9.52 Å². The molecule has 8 aromatic rings. The second-order valence-electron chi connectivity index (χ2n) is 12.4. The largest absolute Gasteiger partial charge is 3.00 e. The molecule has 2 aliphatic carbocycles. The van der Waals surface area contributed by atoms with Crippen LogP contribution in [0.25, 0.3) is 66.4 Å². The summed E-state index contributed by atoms with van der Waals surface area (Å²) in [6.45, 7) is 8.74. The van der Waals surface area contributed by atoms with Gasteiger partial charge in [0.15, 0.2) is 0 Å². The molecule has 0 nitrogen and oxygen atoms in total. The Labute approximate surface area is 393 Å². The van der Waals surface area contributed by atoms with Crippen molar-refractivity contribution in [1.82, 2.24) is 0 Å². The molecule has 7 heteroatoms. The molecule has 2 aliphatic rings. The molecule has 8 aromatic carbocycles. The van der Waals surface area contributed by atoms with Crippen LogP contribution < -0.4 is 49.6 Å². The van der Waals surface area contributed by atoms with Crippen molar-refractivity contribution in [2.75, 3.05) is 0 Å². The van der Waals surface area contributed by atoms with Crippen LogP contribution in [0, 0.1) is 0 Å². The van der Waals surface area contributed by atoms with Gasteiger partial charge in [-0.2, -0.15) is 35.0 Å². The summed E-state index contributed by atoms with van der Waals surface area (Å²) in [5, 5.41) is 10.9. The number of hydrogen-bond acceptors (Lipinski definition) is 0. The molecule has 0 heterocycles. The fourth-order valence-electron chi connectivity index (χ4n) is 6.77. The normalized spacial score (nSPS) is 10.5. The Morgan fingerprint density at radius 2 is 0.745 bits per heavy atom. The first kappa shape index (κ1) is 52.7. The summed E-state index contributed by atoms with van der Waals surface area (Å²) >= 11 is 0. The smallest absolute Gasteiger partial charge is 1.00 e. The van der Waals surface area contributed by atoms with E-state index in [0.717, 1.165) is 22.4 Å². The fraction of sp³-hybridized carbons (Fsp3) is 0.125. The Kier molecular flexibility index (Phi) is 25.5. The van der Waals surface area contributed by atoms with Gasteiger partial charge in [-0.3, -0.25) is 0 Å². The van der Waals surface area contributed by atoms with E-state index in [1.165, 1.54) is 76.5 Å². The van der Waals surface area contributed by atoms with Crippen molar-refractivity contribution in [3.05, 3.63) is 180 Å². The van der Waals surface area contributed by atoms with E-state index in [4.69, 9.17) is 0 Å². The second kappa shape index (κ2) is 26.6. The van der Waals surface area contributed by atoms with Crippen LogP contribution in [0.5, 0.6) is 0 Å². The van der Waals surface area contributed by atoms with E-state index in [0.29, 0.717) is 0 Å². The Bertz CT molecular complexity index is 2150. The number of hydrogen-bond donors (Lipinski definition) is 0. The summed E-state index contributed by atoms with van der Waals surface area (Å²) in [4.78, 5) is 0. The van der Waals surface area contributed by atoms with Crippen molar-refractivity contribution in [3.8, 4) is 0 Å². The summed E-state index contributed by atoms with van der Waals surface area (Å²) in [5.41, 5.74) is 8.57. The van der Waals surface area contributed by atoms with Crippen molar-refractivity contribution < 1.29 is 102 Å². The van der Waals surface area contributed by atoms with Gasteiger partial charge in [0.05, 0.1) is 0 Å². The molecular weight excluding hydrogens is 929 g/mol. The van der Waals surface area contributed by atoms with Crippen molar-refractivity contribution >= 4 is 75.9 Å². The van der Waals surface area contributed by atoms with Crippen molar-refractivity contribution in [2.45, 2.75) is 39.8 Å². The van der Waals surface area contributed by atoms with Crippen LogP contribution in [0.1, 0.15) is 48.9 Å². The molecule has 0 bridgehead atoms. The Hall–Kier alpha value is -2.32. The third-order valence-corrected chi connectivity index (χ3v) is 9.08. The minimum atomic E-state index is 0. The van der Waals surface area contributed by atoms with E-state index in [-0.39, 0.29) is 102 Å². The summed E-state index contributed by atoms with van der Waals surface area (Å²) in [7, 11) is 1.08. The number of benzene rings is 6.